The highest BCUT2D eigenvalue weighted by molar-refractivity contribution is 7.89. The van der Waals surface area contributed by atoms with Gasteiger partial charge in [0.25, 0.3) is 0 Å². The average Bonchev–Trinajstić information content (AvgIpc) is 3.10. The molecule has 2 aromatic rings. The number of thiazole rings is 1. The highest BCUT2D eigenvalue weighted by Crippen LogP contribution is 2.39. The number of aromatic nitrogens is 1. The van der Waals surface area contributed by atoms with Crippen LogP contribution in [0.3, 0.4) is 0 Å². The molecule has 0 unspecified atom stereocenters. The number of rotatable bonds is 5. The van der Waals surface area contributed by atoms with Crippen LogP contribution in [0, 0.1) is 0 Å². The number of carbonyl (C=O) groups is 1. The zero-order valence-corrected chi connectivity index (χ0v) is 18.5. The molecule has 1 heterocycles. The van der Waals surface area contributed by atoms with E-state index in [1.807, 2.05) is 32.9 Å². The Bertz CT molecular complexity index is 972. The first-order chi connectivity index (χ1) is 13.5. The van der Waals surface area contributed by atoms with Gasteiger partial charge in [0.05, 0.1) is 14.8 Å². The number of benzene rings is 1. The molecule has 1 saturated carbocycles. The highest BCUT2D eigenvalue weighted by atomic mass is 32.2. The predicted molar refractivity (Wildman–Crippen MR) is 113 cm³/mol. The first kappa shape index (κ1) is 21.7. The summed E-state index contributed by atoms with van der Waals surface area (Å²) in [6.07, 6.45) is 4.11. The molecule has 1 fully saturated rings. The van der Waals surface area contributed by atoms with Crippen LogP contribution in [0.1, 0.15) is 57.4 Å². The number of hydrogen-bond donors (Lipinski definition) is 2. The molecule has 3 N–H and O–H groups in total. The summed E-state index contributed by atoms with van der Waals surface area (Å²) in [5.74, 6) is 0.276. The molecule has 158 valence electrons. The second kappa shape index (κ2) is 8.41. The van der Waals surface area contributed by atoms with E-state index in [1.165, 1.54) is 11.3 Å². The van der Waals surface area contributed by atoms with Gasteiger partial charge in [-0.05, 0) is 52.5 Å². The molecule has 0 atom stereocenters. The predicted octanol–water partition coefficient (Wildman–Crippen LogP) is 4.01. The molecule has 1 aromatic carbocycles. The van der Waals surface area contributed by atoms with Gasteiger partial charge in [0.2, 0.25) is 10.0 Å². The van der Waals surface area contributed by atoms with Gasteiger partial charge in [-0.1, -0.05) is 18.2 Å². The monoisotopic (exact) mass is 437 g/mol. The van der Waals surface area contributed by atoms with Gasteiger partial charge in [-0.15, -0.1) is 11.3 Å². The molecule has 29 heavy (non-hydrogen) atoms. The maximum absolute atomic E-state index is 12.9. The number of amides is 1. The summed E-state index contributed by atoms with van der Waals surface area (Å²) >= 11 is 1.52. The Morgan fingerprint density at radius 1 is 1.21 bits per heavy atom. The summed E-state index contributed by atoms with van der Waals surface area (Å²) in [7, 11) is -3.66. The van der Waals surface area contributed by atoms with Crippen molar-refractivity contribution in [2.24, 2.45) is 5.73 Å². The smallest absolute Gasteiger partial charge is 0.404 e. The summed E-state index contributed by atoms with van der Waals surface area (Å²) in [5.41, 5.74) is 5.18. The van der Waals surface area contributed by atoms with E-state index in [-0.39, 0.29) is 16.9 Å². The molecule has 0 spiro atoms. The number of primary amides is 1. The summed E-state index contributed by atoms with van der Waals surface area (Å²) in [5, 5.41) is 0.980. The SMILES string of the molecule is CC(C)(C)NS(=O)(=O)c1ccccc1-c1cnc(C2CCC(OC(N)=O)CC2)s1. The van der Waals surface area contributed by atoms with Crippen molar-refractivity contribution in [3.8, 4) is 10.4 Å². The normalized spacial score (nSPS) is 20.4. The number of hydrogen-bond acceptors (Lipinski definition) is 6. The van der Waals surface area contributed by atoms with E-state index in [0.717, 1.165) is 35.6 Å². The first-order valence-electron chi connectivity index (χ1n) is 9.60. The van der Waals surface area contributed by atoms with Crippen LogP contribution in [0.4, 0.5) is 4.79 Å². The number of nitrogens with one attached hydrogen (secondary N) is 1. The van der Waals surface area contributed by atoms with E-state index >= 15 is 0 Å². The lowest BCUT2D eigenvalue weighted by Gasteiger charge is -2.26. The fraction of sp³-hybridized carbons (Fsp3) is 0.500. The molecular formula is C20H27N3O4S2. The van der Waals surface area contributed by atoms with E-state index < -0.39 is 21.7 Å². The topological polar surface area (TPSA) is 111 Å². The molecule has 9 heteroatoms. The van der Waals surface area contributed by atoms with Crippen LogP contribution in [0.5, 0.6) is 0 Å². The number of nitrogens with two attached hydrogens (primary N) is 1. The Labute approximate surface area is 175 Å². The highest BCUT2D eigenvalue weighted by Gasteiger charge is 2.28. The minimum Gasteiger partial charge on any atom is -0.446 e. The van der Waals surface area contributed by atoms with E-state index in [9.17, 15) is 13.2 Å². The van der Waals surface area contributed by atoms with Crippen molar-refractivity contribution in [2.45, 2.75) is 68.9 Å². The maximum atomic E-state index is 12.9. The summed E-state index contributed by atoms with van der Waals surface area (Å²) < 4.78 is 33.6. The van der Waals surface area contributed by atoms with Crippen LogP contribution >= 0.6 is 11.3 Å². The Balaban J connectivity index is 1.81. The third kappa shape index (κ3) is 5.55. The lowest BCUT2D eigenvalue weighted by atomic mass is 9.88. The fourth-order valence-corrected chi connectivity index (χ4v) is 6.39. The van der Waals surface area contributed by atoms with Gasteiger partial charge in [0, 0.05) is 23.2 Å². The van der Waals surface area contributed by atoms with Gasteiger partial charge in [0.1, 0.15) is 6.10 Å². The van der Waals surface area contributed by atoms with Crippen molar-refractivity contribution in [2.75, 3.05) is 0 Å². The molecule has 0 aliphatic heterocycles. The Hall–Kier alpha value is -1.97. The third-order valence-corrected chi connectivity index (χ3v) is 7.72. The molecule has 1 amide bonds. The van der Waals surface area contributed by atoms with Crippen molar-refractivity contribution in [1.29, 1.82) is 0 Å². The quantitative estimate of drug-likeness (QED) is 0.734. The molecular weight excluding hydrogens is 410 g/mol. The van der Waals surface area contributed by atoms with E-state index in [0.29, 0.717) is 5.56 Å². The maximum Gasteiger partial charge on any atom is 0.404 e. The molecule has 0 radical (unpaired) electrons. The summed E-state index contributed by atoms with van der Waals surface area (Å²) in [4.78, 5) is 16.6. The minimum atomic E-state index is -3.66. The molecule has 3 rings (SSSR count). The average molecular weight is 438 g/mol. The van der Waals surface area contributed by atoms with Crippen molar-refractivity contribution in [1.82, 2.24) is 9.71 Å². The fourth-order valence-electron chi connectivity index (χ4n) is 3.56. The van der Waals surface area contributed by atoms with Crippen molar-refractivity contribution < 1.29 is 17.9 Å². The second-order valence-corrected chi connectivity index (χ2v) is 11.0. The third-order valence-electron chi connectivity index (χ3n) is 4.71. The van der Waals surface area contributed by atoms with Crippen molar-refractivity contribution in [3.05, 3.63) is 35.5 Å². The van der Waals surface area contributed by atoms with Gasteiger partial charge in [-0.3, -0.25) is 0 Å². The second-order valence-electron chi connectivity index (χ2n) is 8.32. The lowest BCUT2D eigenvalue weighted by Crippen LogP contribution is -2.40. The number of ether oxygens (including phenoxy) is 1. The molecule has 1 aliphatic rings. The summed E-state index contributed by atoms with van der Waals surface area (Å²) in [6.45, 7) is 5.45. The van der Waals surface area contributed by atoms with Crippen molar-refractivity contribution in [3.63, 3.8) is 0 Å². The van der Waals surface area contributed by atoms with Crippen LogP contribution in [-0.4, -0.2) is 31.1 Å². The number of sulfonamides is 1. The molecule has 1 aromatic heterocycles. The van der Waals surface area contributed by atoms with Crippen LogP contribution in [-0.2, 0) is 14.8 Å². The number of nitrogens with zero attached hydrogens (tertiary/aromatic N) is 1. The minimum absolute atomic E-state index is 0.127. The largest absolute Gasteiger partial charge is 0.446 e. The van der Waals surface area contributed by atoms with E-state index in [1.54, 1.807) is 18.3 Å². The zero-order chi connectivity index (χ0) is 21.2. The van der Waals surface area contributed by atoms with Crippen molar-refractivity contribution >= 4 is 27.5 Å². The summed E-state index contributed by atoms with van der Waals surface area (Å²) in [6, 6.07) is 6.99. The molecule has 0 bridgehead atoms. The molecule has 7 nitrogen and oxygen atoms in total. The van der Waals surface area contributed by atoms with Crippen LogP contribution in [0.15, 0.2) is 35.4 Å². The first-order valence-corrected chi connectivity index (χ1v) is 11.9. The number of carbonyl (C=O) groups excluding carboxylic acids is 1. The van der Waals surface area contributed by atoms with Crippen LogP contribution in [0.2, 0.25) is 0 Å². The van der Waals surface area contributed by atoms with Gasteiger partial charge in [0.15, 0.2) is 0 Å². The van der Waals surface area contributed by atoms with Gasteiger partial charge in [-0.2, -0.15) is 0 Å². The standard InChI is InChI=1S/C20H27N3O4S2/c1-20(2,3)23-29(25,26)17-7-5-4-6-15(17)16-12-22-18(28-16)13-8-10-14(11-9-13)27-19(21)24/h4-7,12-14,23H,8-11H2,1-3H3,(H2,21,24). The lowest BCUT2D eigenvalue weighted by molar-refractivity contribution is 0.0787. The van der Waals surface area contributed by atoms with E-state index in [2.05, 4.69) is 9.71 Å². The Morgan fingerprint density at radius 3 is 2.48 bits per heavy atom. The van der Waals surface area contributed by atoms with Crippen LogP contribution in [0.25, 0.3) is 10.4 Å². The molecule has 1 aliphatic carbocycles. The van der Waals surface area contributed by atoms with E-state index in [4.69, 9.17) is 10.5 Å². The van der Waals surface area contributed by atoms with Gasteiger partial charge < -0.3 is 10.5 Å². The van der Waals surface area contributed by atoms with Gasteiger partial charge in [-0.25, -0.2) is 22.9 Å². The van der Waals surface area contributed by atoms with Crippen LogP contribution < -0.4 is 10.5 Å². The Morgan fingerprint density at radius 2 is 1.86 bits per heavy atom. The van der Waals surface area contributed by atoms with Gasteiger partial charge >= 0.3 is 6.09 Å². The molecule has 0 saturated heterocycles. The zero-order valence-electron chi connectivity index (χ0n) is 16.8. The Kier molecular flexibility index (Phi) is 6.30.